The third kappa shape index (κ3) is 6.57. The second-order valence-corrected chi connectivity index (χ2v) is 4.90. The van der Waals surface area contributed by atoms with Crippen molar-refractivity contribution in [2.24, 2.45) is 0 Å². The maximum absolute atomic E-state index is 10.9. The van der Waals surface area contributed by atoms with Gasteiger partial charge in [-0.3, -0.25) is 4.79 Å². The monoisotopic (exact) mass is 279 g/mol. The Morgan fingerprint density at radius 2 is 2.00 bits per heavy atom. The summed E-state index contributed by atoms with van der Waals surface area (Å²) in [6.07, 6.45) is 3.26. The first kappa shape index (κ1) is 16.5. The van der Waals surface area contributed by atoms with Crippen molar-refractivity contribution in [2.75, 3.05) is 20.8 Å². The van der Waals surface area contributed by atoms with Crippen LogP contribution in [0.4, 0.5) is 0 Å². The number of ether oxygens (including phenoxy) is 2. The van der Waals surface area contributed by atoms with E-state index in [2.05, 4.69) is 29.1 Å². The summed E-state index contributed by atoms with van der Waals surface area (Å²) >= 11 is 0. The minimum Gasteiger partial charge on any atom is -0.494 e. The summed E-state index contributed by atoms with van der Waals surface area (Å²) in [6.45, 7) is 2.71. The van der Waals surface area contributed by atoms with E-state index in [1.165, 1.54) is 12.7 Å². The SMILES string of the molecule is CNC(C)CCc1ccc(OCCCC(=O)OC)cc1. The molecule has 1 N–H and O–H groups in total. The van der Waals surface area contributed by atoms with Crippen LogP contribution in [0.2, 0.25) is 0 Å². The molecule has 1 aromatic rings. The first-order valence-electron chi connectivity index (χ1n) is 7.11. The highest BCUT2D eigenvalue weighted by Gasteiger charge is 2.02. The second kappa shape index (κ2) is 9.37. The van der Waals surface area contributed by atoms with E-state index in [-0.39, 0.29) is 5.97 Å². The van der Waals surface area contributed by atoms with Gasteiger partial charge in [-0.2, -0.15) is 0 Å². The Morgan fingerprint density at radius 3 is 2.60 bits per heavy atom. The Labute approximate surface area is 121 Å². The highest BCUT2D eigenvalue weighted by molar-refractivity contribution is 5.69. The van der Waals surface area contributed by atoms with E-state index in [1.54, 1.807) is 0 Å². The first-order chi connectivity index (χ1) is 9.65. The number of hydrogen-bond acceptors (Lipinski definition) is 4. The molecule has 1 aromatic carbocycles. The number of nitrogens with one attached hydrogen (secondary N) is 1. The molecule has 1 atom stereocenters. The fourth-order valence-corrected chi connectivity index (χ4v) is 1.79. The van der Waals surface area contributed by atoms with Crippen LogP contribution in [0.1, 0.15) is 31.7 Å². The van der Waals surface area contributed by atoms with E-state index >= 15 is 0 Å². The number of esters is 1. The van der Waals surface area contributed by atoms with Crippen LogP contribution in [0.5, 0.6) is 5.75 Å². The number of methoxy groups -OCH3 is 1. The van der Waals surface area contributed by atoms with Crippen molar-refractivity contribution < 1.29 is 14.3 Å². The molecule has 1 unspecified atom stereocenters. The lowest BCUT2D eigenvalue weighted by molar-refractivity contribution is -0.140. The lowest BCUT2D eigenvalue weighted by atomic mass is 10.1. The van der Waals surface area contributed by atoms with Crippen LogP contribution in [0.15, 0.2) is 24.3 Å². The summed E-state index contributed by atoms with van der Waals surface area (Å²) in [4.78, 5) is 10.9. The van der Waals surface area contributed by atoms with E-state index in [1.807, 2.05) is 19.2 Å². The molecule has 0 bridgehead atoms. The van der Waals surface area contributed by atoms with Crippen molar-refractivity contribution in [1.29, 1.82) is 0 Å². The van der Waals surface area contributed by atoms with E-state index in [0.717, 1.165) is 18.6 Å². The average molecular weight is 279 g/mol. The standard InChI is InChI=1S/C16H25NO3/c1-13(17-2)6-7-14-8-10-15(11-9-14)20-12-4-5-16(18)19-3/h8-11,13,17H,4-7,12H2,1-3H3. The third-order valence-electron chi connectivity index (χ3n) is 3.30. The first-order valence-corrected chi connectivity index (χ1v) is 7.11. The van der Waals surface area contributed by atoms with Crippen molar-refractivity contribution >= 4 is 5.97 Å². The summed E-state index contributed by atoms with van der Waals surface area (Å²) in [5, 5.41) is 3.23. The Morgan fingerprint density at radius 1 is 1.30 bits per heavy atom. The van der Waals surface area contributed by atoms with Gasteiger partial charge in [0.2, 0.25) is 0 Å². The Bertz CT molecular complexity index is 389. The van der Waals surface area contributed by atoms with Crippen molar-refractivity contribution in [2.45, 2.75) is 38.6 Å². The maximum atomic E-state index is 10.9. The summed E-state index contributed by atoms with van der Waals surface area (Å²) in [7, 11) is 3.38. The second-order valence-electron chi connectivity index (χ2n) is 4.90. The molecule has 112 valence electrons. The maximum Gasteiger partial charge on any atom is 0.305 e. The largest absolute Gasteiger partial charge is 0.494 e. The molecule has 0 heterocycles. The fraction of sp³-hybridized carbons (Fsp3) is 0.562. The lowest BCUT2D eigenvalue weighted by Crippen LogP contribution is -2.21. The molecule has 0 spiro atoms. The minimum atomic E-state index is -0.192. The normalized spacial score (nSPS) is 11.9. The molecule has 0 fully saturated rings. The minimum absolute atomic E-state index is 0.192. The molecule has 4 heteroatoms. The van der Waals surface area contributed by atoms with Gasteiger partial charge in [0, 0.05) is 12.5 Å². The van der Waals surface area contributed by atoms with Gasteiger partial charge in [-0.25, -0.2) is 0 Å². The van der Waals surface area contributed by atoms with Crippen molar-refractivity contribution in [3.05, 3.63) is 29.8 Å². The number of benzene rings is 1. The van der Waals surface area contributed by atoms with E-state index in [0.29, 0.717) is 25.5 Å². The summed E-state index contributed by atoms with van der Waals surface area (Å²) in [5.74, 6) is 0.655. The molecule has 0 aliphatic heterocycles. The number of hydrogen-bond donors (Lipinski definition) is 1. The third-order valence-corrected chi connectivity index (χ3v) is 3.30. The van der Waals surface area contributed by atoms with Crippen molar-refractivity contribution in [3.8, 4) is 5.75 Å². The number of carbonyl (C=O) groups excluding carboxylic acids is 1. The van der Waals surface area contributed by atoms with Gasteiger partial charge in [0.1, 0.15) is 5.75 Å². The predicted molar refractivity (Wildman–Crippen MR) is 80.0 cm³/mol. The van der Waals surface area contributed by atoms with Crippen LogP contribution >= 0.6 is 0 Å². The van der Waals surface area contributed by atoms with Gasteiger partial charge >= 0.3 is 5.97 Å². The molecule has 4 nitrogen and oxygen atoms in total. The molecule has 0 saturated carbocycles. The van der Waals surface area contributed by atoms with Gasteiger partial charge in [0.15, 0.2) is 0 Å². The highest BCUT2D eigenvalue weighted by atomic mass is 16.5. The Kier molecular flexibility index (Phi) is 7.73. The van der Waals surface area contributed by atoms with Crippen LogP contribution < -0.4 is 10.1 Å². The van der Waals surface area contributed by atoms with Gasteiger partial charge in [0.05, 0.1) is 13.7 Å². The van der Waals surface area contributed by atoms with Gasteiger partial charge in [-0.05, 0) is 50.9 Å². The molecule has 0 aromatic heterocycles. The molecule has 20 heavy (non-hydrogen) atoms. The molecule has 0 aliphatic rings. The highest BCUT2D eigenvalue weighted by Crippen LogP contribution is 2.14. The average Bonchev–Trinajstić information content (AvgIpc) is 2.49. The Hall–Kier alpha value is -1.55. The quantitative estimate of drug-likeness (QED) is 0.557. The van der Waals surface area contributed by atoms with Gasteiger partial charge < -0.3 is 14.8 Å². The molecular weight excluding hydrogens is 254 g/mol. The van der Waals surface area contributed by atoms with Crippen LogP contribution in [0.3, 0.4) is 0 Å². The molecule has 0 amide bonds. The molecule has 1 rings (SSSR count). The van der Waals surface area contributed by atoms with Crippen LogP contribution in [0, 0.1) is 0 Å². The number of carbonyl (C=O) groups is 1. The smallest absolute Gasteiger partial charge is 0.305 e. The number of aryl methyl sites for hydroxylation is 1. The zero-order valence-electron chi connectivity index (χ0n) is 12.6. The van der Waals surface area contributed by atoms with Gasteiger partial charge in [-0.1, -0.05) is 12.1 Å². The zero-order chi connectivity index (χ0) is 14.8. The number of rotatable bonds is 9. The van der Waals surface area contributed by atoms with Crippen LogP contribution in [-0.4, -0.2) is 32.8 Å². The molecular formula is C16H25NO3. The summed E-state index contributed by atoms with van der Waals surface area (Å²) < 4.78 is 10.2. The topological polar surface area (TPSA) is 47.6 Å². The van der Waals surface area contributed by atoms with Crippen molar-refractivity contribution in [1.82, 2.24) is 5.32 Å². The molecule has 0 saturated heterocycles. The van der Waals surface area contributed by atoms with E-state index < -0.39 is 0 Å². The van der Waals surface area contributed by atoms with Gasteiger partial charge in [-0.15, -0.1) is 0 Å². The lowest BCUT2D eigenvalue weighted by Gasteiger charge is -2.10. The van der Waals surface area contributed by atoms with Gasteiger partial charge in [0.25, 0.3) is 0 Å². The summed E-state index contributed by atoms with van der Waals surface area (Å²) in [6, 6.07) is 8.69. The zero-order valence-corrected chi connectivity index (χ0v) is 12.6. The van der Waals surface area contributed by atoms with Crippen LogP contribution in [-0.2, 0) is 16.0 Å². The van der Waals surface area contributed by atoms with Crippen molar-refractivity contribution in [3.63, 3.8) is 0 Å². The van der Waals surface area contributed by atoms with E-state index in [9.17, 15) is 4.79 Å². The fourth-order valence-electron chi connectivity index (χ4n) is 1.79. The molecule has 0 aliphatic carbocycles. The molecule has 0 radical (unpaired) electrons. The van der Waals surface area contributed by atoms with Crippen LogP contribution in [0.25, 0.3) is 0 Å². The summed E-state index contributed by atoms with van der Waals surface area (Å²) in [5.41, 5.74) is 1.31. The van der Waals surface area contributed by atoms with E-state index in [4.69, 9.17) is 4.74 Å². The predicted octanol–water partition coefficient (Wildman–Crippen LogP) is 2.56. The Balaban J connectivity index is 2.26.